The van der Waals surface area contributed by atoms with E-state index in [1.807, 2.05) is 0 Å². The van der Waals surface area contributed by atoms with Crippen molar-refractivity contribution in [1.82, 2.24) is 9.97 Å². The van der Waals surface area contributed by atoms with Crippen LogP contribution in [0.5, 0.6) is 0 Å². The van der Waals surface area contributed by atoms with Crippen molar-refractivity contribution in [3.63, 3.8) is 0 Å². The molecule has 0 aromatic carbocycles. The largest absolute Gasteiger partial charge is 0.760 e. The maximum absolute atomic E-state index is 8.78. The summed E-state index contributed by atoms with van der Waals surface area (Å²) < 4.78 is 17.6. The highest BCUT2D eigenvalue weighted by Crippen LogP contribution is 1.66. The average molecular weight is 160 g/mol. The number of nitrogens with zero attached hydrogens (tertiary/aromatic N) is 2. The fourth-order valence-corrected chi connectivity index (χ4v) is 0.253. The van der Waals surface area contributed by atoms with Crippen LogP contribution in [0, 0.1) is 0 Å². The molecule has 10 heavy (non-hydrogen) atoms. The molecule has 0 spiro atoms. The van der Waals surface area contributed by atoms with E-state index in [1.54, 1.807) is 18.5 Å². The smallest absolute Gasteiger partial charge is 0.115 e. The number of hydrogen-bond acceptors (Lipinski definition) is 4. The molecule has 5 nitrogen and oxygen atoms in total. The molecule has 0 saturated carbocycles. The summed E-state index contributed by atoms with van der Waals surface area (Å²) in [6.07, 6.45) is 4.88. The molecule has 1 heterocycles. The van der Waals surface area contributed by atoms with E-state index in [9.17, 15) is 0 Å². The molecule has 0 bridgehead atoms. The standard InChI is InChI=1S/C4H4N2.H3NO2S/c1-2-5-4-6-3-1;1-4(2)3/h1-4H;1H2,(H,2,3)/p-1. The van der Waals surface area contributed by atoms with Gasteiger partial charge in [0.25, 0.3) is 0 Å². The lowest BCUT2D eigenvalue weighted by atomic mass is 10.7. The van der Waals surface area contributed by atoms with E-state index in [4.69, 9.17) is 8.76 Å². The SMILES string of the molecule is NS(=O)[O-].c1cncnc1. The third-order valence-electron chi connectivity index (χ3n) is 0.478. The minimum atomic E-state index is -2.36. The second kappa shape index (κ2) is 6.27. The number of hydrogen-bond donors (Lipinski definition) is 1. The van der Waals surface area contributed by atoms with Gasteiger partial charge in [0.05, 0.1) is 0 Å². The van der Waals surface area contributed by atoms with Crippen LogP contribution in [0.2, 0.25) is 0 Å². The van der Waals surface area contributed by atoms with Crippen molar-refractivity contribution >= 4 is 11.3 Å². The summed E-state index contributed by atoms with van der Waals surface area (Å²) in [5.74, 6) is 0. The number of rotatable bonds is 0. The summed E-state index contributed by atoms with van der Waals surface area (Å²) in [6.45, 7) is 0. The molecular weight excluding hydrogens is 154 g/mol. The quantitative estimate of drug-likeness (QED) is 0.504. The van der Waals surface area contributed by atoms with Crippen molar-refractivity contribution in [2.24, 2.45) is 5.14 Å². The van der Waals surface area contributed by atoms with Crippen molar-refractivity contribution in [3.05, 3.63) is 24.8 Å². The summed E-state index contributed by atoms with van der Waals surface area (Å²) >= 11 is -2.36. The molecule has 56 valence electrons. The molecule has 0 aliphatic carbocycles. The molecule has 1 aromatic rings. The highest BCUT2D eigenvalue weighted by molar-refractivity contribution is 7.76. The van der Waals surface area contributed by atoms with Gasteiger partial charge in [-0.05, 0) is 6.07 Å². The monoisotopic (exact) mass is 160 g/mol. The Morgan fingerprint density at radius 3 is 1.90 bits per heavy atom. The van der Waals surface area contributed by atoms with Gasteiger partial charge in [-0.3, -0.25) is 9.35 Å². The van der Waals surface area contributed by atoms with Crippen molar-refractivity contribution < 1.29 is 8.76 Å². The first kappa shape index (κ1) is 9.15. The zero-order chi connectivity index (χ0) is 7.82. The van der Waals surface area contributed by atoms with Gasteiger partial charge in [-0.2, -0.15) is 0 Å². The first-order chi connectivity index (χ1) is 4.73. The normalized spacial score (nSPS) is 11.0. The van der Waals surface area contributed by atoms with Crippen molar-refractivity contribution in [2.45, 2.75) is 0 Å². The van der Waals surface area contributed by atoms with Gasteiger partial charge in [-0.15, -0.1) is 0 Å². The summed E-state index contributed by atoms with van der Waals surface area (Å²) in [5.41, 5.74) is 0. The topological polar surface area (TPSA) is 91.9 Å². The molecule has 0 saturated heterocycles. The van der Waals surface area contributed by atoms with Gasteiger partial charge in [-0.25, -0.2) is 9.97 Å². The van der Waals surface area contributed by atoms with E-state index in [0.29, 0.717) is 0 Å². The highest BCUT2D eigenvalue weighted by Gasteiger charge is 1.59. The predicted octanol–water partition coefficient (Wildman–Crippen LogP) is -0.784. The molecule has 0 aliphatic rings. The van der Waals surface area contributed by atoms with Crippen LogP contribution in [-0.4, -0.2) is 18.7 Å². The Kier molecular flexibility index (Phi) is 5.74. The summed E-state index contributed by atoms with van der Waals surface area (Å²) in [5, 5.41) is 4.03. The summed E-state index contributed by atoms with van der Waals surface area (Å²) in [4.78, 5) is 7.35. The Morgan fingerprint density at radius 2 is 1.80 bits per heavy atom. The molecule has 1 aromatic heterocycles. The molecule has 0 amide bonds. The van der Waals surface area contributed by atoms with Gasteiger partial charge < -0.3 is 4.55 Å². The molecule has 6 heteroatoms. The van der Waals surface area contributed by atoms with Crippen molar-refractivity contribution in [1.29, 1.82) is 0 Å². The first-order valence-corrected chi connectivity index (χ1v) is 3.41. The molecule has 0 fully saturated rings. The summed E-state index contributed by atoms with van der Waals surface area (Å²) in [7, 11) is 0. The minimum absolute atomic E-state index is 1.50. The van der Waals surface area contributed by atoms with Crippen LogP contribution in [0.4, 0.5) is 0 Å². The van der Waals surface area contributed by atoms with Crippen LogP contribution >= 0.6 is 0 Å². The van der Waals surface area contributed by atoms with E-state index in [-0.39, 0.29) is 0 Å². The fourth-order valence-electron chi connectivity index (χ4n) is 0.253. The molecule has 2 N–H and O–H groups in total. The Balaban J connectivity index is 0.000000180. The Hall–Kier alpha value is -0.850. The van der Waals surface area contributed by atoms with Crippen LogP contribution in [0.1, 0.15) is 0 Å². The van der Waals surface area contributed by atoms with Crippen LogP contribution in [-0.2, 0) is 11.3 Å². The van der Waals surface area contributed by atoms with E-state index in [1.165, 1.54) is 6.33 Å². The maximum Gasteiger partial charge on any atom is 0.115 e. The van der Waals surface area contributed by atoms with Gasteiger partial charge >= 0.3 is 0 Å². The zero-order valence-electron chi connectivity index (χ0n) is 5.01. The third kappa shape index (κ3) is 10.2. The van der Waals surface area contributed by atoms with Gasteiger partial charge in [-0.1, -0.05) is 0 Å². The molecule has 1 rings (SSSR count). The first-order valence-electron chi connectivity index (χ1n) is 2.27. The third-order valence-corrected chi connectivity index (χ3v) is 0.478. The van der Waals surface area contributed by atoms with Crippen LogP contribution in [0.15, 0.2) is 24.8 Å². The fraction of sp³-hybridized carbons (Fsp3) is 0. The van der Waals surface area contributed by atoms with Crippen LogP contribution in [0.3, 0.4) is 0 Å². The lowest BCUT2D eigenvalue weighted by Crippen LogP contribution is -1.97. The highest BCUT2D eigenvalue weighted by atomic mass is 32.2. The van der Waals surface area contributed by atoms with Gasteiger partial charge in [0.15, 0.2) is 0 Å². The van der Waals surface area contributed by atoms with Crippen LogP contribution < -0.4 is 5.14 Å². The predicted molar refractivity (Wildman–Crippen MR) is 35.1 cm³/mol. The van der Waals surface area contributed by atoms with E-state index < -0.39 is 11.3 Å². The van der Waals surface area contributed by atoms with E-state index in [0.717, 1.165) is 0 Å². The lowest BCUT2D eigenvalue weighted by Gasteiger charge is -1.85. The maximum atomic E-state index is 8.78. The summed E-state index contributed by atoms with van der Waals surface area (Å²) in [6, 6.07) is 1.78. The lowest BCUT2D eigenvalue weighted by molar-refractivity contribution is 0.539. The molecular formula is C4H6N3O2S-. The van der Waals surface area contributed by atoms with E-state index >= 15 is 0 Å². The zero-order valence-corrected chi connectivity index (χ0v) is 5.82. The number of aromatic nitrogens is 2. The molecule has 1 unspecified atom stereocenters. The molecule has 1 atom stereocenters. The van der Waals surface area contributed by atoms with Crippen LogP contribution in [0.25, 0.3) is 0 Å². The second-order valence-electron chi connectivity index (χ2n) is 1.16. The average Bonchev–Trinajstić information content (AvgIpc) is 1.90. The van der Waals surface area contributed by atoms with Gasteiger partial charge in [0, 0.05) is 23.7 Å². The molecule has 0 radical (unpaired) electrons. The Labute approximate surface area is 60.7 Å². The van der Waals surface area contributed by atoms with Crippen molar-refractivity contribution in [2.75, 3.05) is 0 Å². The number of nitrogens with two attached hydrogens (primary N) is 1. The van der Waals surface area contributed by atoms with Gasteiger partial charge in [0.2, 0.25) is 0 Å². The molecule has 0 aliphatic heterocycles. The van der Waals surface area contributed by atoms with Gasteiger partial charge in [0.1, 0.15) is 6.33 Å². The van der Waals surface area contributed by atoms with Crippen molar-refractivity contribution in [3.8, 4) is 0 Å². The minimum Gasteiger partial charge on any atom is -0.760 e. The second-order valence-corrected chi connectivity index (χ2v) is 1.69. The Morgan fingerprint density at radius 1 is 1.40 bits per heavy atom. The Bertz CT molecular complexity index is 150. The van der Waals surface area contributed by atoms with E-state index in [2.05, 4.69) is 15.1 Å².